The second-order valence-corrected chi connectivity index (χ2v) is 7.05. The van der Waals surface area contributed by atoms with Crippen molar-refractivity contribution in [3.63, 3.8) is 0 Å². The van der Waals surface area contributed by atoms with Crippen LogP contribution < -0.4 is 10.6 Å². The molecule has 8 heteroatoms. The molecule has 0 spiro atoms. The van der Waals surface area contributed by atoms with Crippen LogP contribution in [-0.2, 0) is 14.3 Å². The predicted molar refractivity (Wildman–Crippen MR) is 98.6 cm³/mol. The molecule has 6 nitrogen and oxygen atoms in total. The van der Waals surface area contributed by atoms with Gasteiger partial charge in [-0.05, 0) is 53.7 Å². The van der Waals surface area contributed by atoms with Gasteiger partial charge in [0.2, 0.25) is 5.91 Å². The fourth-order valence-electron chi connectivity index (χ4n) is 2.25. The van der Waals surface area contributed by atoms with Crippen LogP contribution in [0.25, 0.3) is 0 Å². The monoisotopic (exact) mass is 428 g/mol. The minimum Gasteiger partial charge on any atom is -0.466 e. The third kappa shape index (κ3) is 5.57. The van der Waals surface area contributed by atoms with Crippen molar-refractivity contribution in [2.75, 3.05) is 12.4 Å². The number of ether oxygens (including phenoxy) is 1. The number of esters is 1. The van der Waals surface area contributed by atoms with Gasteiger partial charge in [0.25, 0.3) is 5.91 Å². The number of carbonyl (C=O) groups excluding carboxylic acids is 3. The number of halogens is 2. The van der Waals surface area contributed by atoms with Crippen LogP contribution in [0, 0.1) is 5.92 Å². The molecule has 1 atom stereocenters. The SMILES string of the molecule is COC(=O)/C=C\C(=O)Nc1c(Br)cc(Cl)cc1C(=O)NC(C)C1CC1. The molecule has 0 aliphatic heterocycles. The molecule has 1 aromatic rings. The van der Waals surface area contributed by atoms with E-state index in [2.05, 4.69) is 31.3 Å². The summed E-state index contributed by atoms with van der Waals surface area (Å²) in [5.41, 5.74) is 0.524. The summed E-state index contributed by atoms with van der Waals surface area (Å²) in [4.78, 5) is 35.6. The number of nitrogens with one attached hydrogen (secondary N) is 2. The normalized spacial score (nSPS) is 14.9. The van der Waals surface area contributed by atoms with Crippen LogP contribution in [0.4, 0.5) is 5.69 Å². The average Bonchev–Trinajstić information content (AvgIpc) is 3.39. The predicted octanol–water partition coefficient (Wildman–Crippen LogP) is 3.30. The van der Waals surface area contributed by atoms with Crippen molar-refractivity contribution in [1.29, 1.82) is 0 Å². The highest BCUT2D eigenvalue weighted by Gasteiger charge is 2.30. The first-order chi connectivity index (χ1) is 11.8. The maximum Gasteiger partial charge on any atom is 0.330 e. The van der Waals surface area contributed by atoms with Gasteiger partial charge in [-0.15, -0.1) is 0 Å². The van der Waals surface area contributed by atoms with Gasteiger partial charge in [0, 0.05) is 27.7 Å². The zero-order chi connectivity index (χ0) is 18.6. The van der Waals surface area contributed by atoms with Gasteiger partial charge < -0.3 is 15.4 Å². The summed E-state index contributed by atoms with van der Waals surface area (Å²) in [5.74, 6) is -1.05. The lowest BCUT2D eigenvalue weighted by Gasteiger charge is -2.16. The van der Waals surface area contributed by atoms with E-state index in [0.717, 1.165) is 25.0 Å². The largest absolute Gasteiger partial charge is 0.466 e. The Kier molecular flexibility index (Phi) is 6.61. The number of amides is 2. The molecule has 2 rings (SSSR count). The molecule has 134 valence electrons. The molecular formula is C17H18BrClN2O4. The minimum absolute atomic E-state index is 0.0491. The molecular weight excluding hydrogens is 412 g/mol. The highest BCUT2D eigenvalue weighted by molar-refractivity contribution is 9.10. The summed E-state index contributed by atoms with van der Waals surface area (Å²) >= 11 is 9.34. The molecule has 1 aromatic carbocycles. The zero-order valence-corrected chi connectivity index (χ0v) is 16.1. The van der Waals surface area contributed by atoms with E-state index >= 15 is 0 Å². The van der Waals surface area contributed by atoms with E-state index < -0.39 is 11.9 Å². The molecule has 0 radical (unpaired) electrons. The van der Waals surface area contributed by atoms with Gasteiger partial charge in [-0.3, -0.25) is 9.59 Å². The van der Waals surface area contributed by atoms with Gasteiger partial charge in [0.1, 0.15) is 0 Å². The number of hydrogen-bond acceptors (Lipinski definition) is 4. The summed E-state index contributed by atoms with van der Waals surface area (Å²) in [7, 11) is 1.21. The molecule has 25 heavy (non-hydrogen) atoms. The Bertz CT molecular complexity index is 732. The Labute approximate surface area is 159 Å². The molecule has 2 N–H and O–H groups in total. The number of benzene rings is 1. The lowest BCUT2D eigenvalue weighted by Crippen LogP contribution is -2.34. The number of carbonyl (C=O) groups is 3. The quantitative estimate of drug-likeness (QED) is 0.537. The van der Waals surface area contributed by atoms with Crippen LogP contribution in [0.15, 0.2) is 28.8 Å². The Morgan fingerprint density at radius 1 is 1.32 bits per heavy atom. The molecule has 1 aliphatic carbocycles. The van der Waals surface area contributed by atoms with E-state index in [1.165, 1.54) is 13.2 Å². The smallest absolute Gasteiger partial charge is 0.330 e. The second kappa shape index (κ2) is 8.49. The first-order valence-electron chi connectivity index (χ1n) is 7.68. The summed E-state index contributed by atoms with van der Waals surface area (Å²) in [6.07, 6.45) is 4.22. The van der Waals surface area contributed by atoms with Crippen LogP contribution in [0.5, 0.6) is 0 Å². The summed E-state index contributed by atoms with van der Waals surface area (Å²) in [6.45, 7) is 1.95. The molecule has 1 fully saturated rings. The van der Waals surface area contributed by atoms with Crippen molar-refractivity contribution >= 4 is 51.0 Å². The standard InChI is InChI=1S/C17H18BrClN2O4/c1-9(10-3-4-10)20-17(24)12-7-11(19)8-13(18)16(12)21-14(22)5-6-15(23)25-2/h5-10H,3-4H2,1-2H3,(H,20,24)(H,21,22)/b6-5-. The Balaban J connectivity index is 2.21. The van der Waals surface area contributed by atoms with E-state index in [9.17, 15) is 14.4 Å². The Morgan fingerprint density at radius 3 is 2.60 bits per heavy atom. The number of hydrogen-bond donors (Lipinski definition) is 2. The third-order valence-corrected chi connectivity index (χ3v) is 4.65. The van der Waals surface area contributed by atoms with Gasteiger partial charge in [0.15, 0.2) is 0 Å². The average molecular weight is 430 g/mol. The van der Waals surface area contributed by atoms with Crippen LogP contribution in [0.1, 0.15) is 30.1 Å². The lowest BCUT2D eigenvalue weighted by atomic mass is 10.1. The van der Waals surface area contributed by atoms with E-state index in [1.807, 2.05) is 6.92 Å². The highest BCUT2D eigenvalue weighted by atomic mass is 79.9. The maximum absolute atomic E-state index is 12.6. The van der Waals surface area contributed by atoms with Crippen molar-refractivity contribution < 1.29 is 19.1 Å². The van der Waals surface area contributed by atoms with E-state index in [-0.39, 0.29) is 23.2 Å². The van der Waals surface area contributed by atoms with Gasteiger partial charge in [-0.25, -0.2) is 4.79 Å². The zero-order valence-electron chi connectivity index (χ0n) is 13.8. The van der Waals surface area contributed by atoms with Crippen molar-refractivity contribution in [1.82, 2.24) is 5.32 Å². The number of methoxy groups -OCH3 is 1. The molecule has 1 aliphatic rings. The van der Waals surface area contributed by atoms with Gasteiger partial charge in [0.05, 0.1) is 18.4 Å². The maximum atomic E-state index is 12.6. The molecule has 0 bridgehead atoms. The van der Waals surface area contributed by atoms with Gasteiger partial charge >= 0.3 is 5.97 Å². The fourth-order valence-corrected chi connectivity index (χ4v) is 3.16. The molecule has 2 amide bonds. The van der Waals surface area contributed by atoms with Crippen molar-refractivity contribution in [2.45, 2.75) is 25.8 Å². The van der Waals surface area contributed by atoms with Crippen LogP contribution in [-0.4, -0.2) is 30.9 Å². The van der Waals surface area contributed by atoms with Crippen molar-refractivity contribution in [3.05, 3.63) is 39.3 Å². The first-order valence-corrected chi connectivity index (χ1v) is 8.85. The lowest BCUT2D eigenvalue weighted by molar-refractivity contribution is -0.135. The van der Waals surface area contributed by atoms with E-state index in [0.29, 0.717) is 15.4 Å². The van der Waals surface area contributed by atoms with Crippen LogP contribution in [0.3, 0.4) is 0 Å². The first kappa shape index (κ1) is 19.5. The van der Waals surface area contributed by atoms with Gasteiger partial charge in [-0.2, -0.15) is 0 Å². The van der Waals surface area contributed by atoms with Crippen molar-refractivity contribution in [2.24, 2.45) is 5.92 Å². The fraction of sp³-hybridized carbons (Fsp3) is 0.353. The third-order valence-electron chi connectivity index (χ3n) is 3.81. The summed E-state index contributed by atoms with van der Waals surface area (Å²) < 4.78 is 4.89. The number of anilines is 1. The molecule has 1 saturated carbocycles. The van der Waals surface area contributed by atoms with Gasteiger partial charge in [-0.1, -0.05) is 11.6 Å². The Hall–Kier alpha value is -1.86. The number of rotatable bonds is 6. The highest BCUT2D eigenvalue weighted by Crippen LogP contribution is 2.34. The second-order valence-electron chi connectivity index (χ2n) is 5.76. The summed E-state index contributed by atoms with van der Waals surface area (Å²) in [6, 6.07) is 3.11. The van der Waals surface area contributed by atoms with E-state index in [4.69, 9.17) is 11.6 Å². The van der Waals surface area contributed by atoms with E-state index in [1.54, 1.807) is 6.07 Å². The molecule has 0 saturated heterocycles. The Morgan fingerprint density at radius 2 is 2.00 bits per heavy atom. The summed E-state index contributed by atoms with van der Waals surface area (Å²) in [5, 5.41) is 5.87. The minimum atomic E-state index is -0.651. The molecule has 0 heterocycles. The molecule has 1 unspecified atom stereocenters. The molecule has 0 aromatic heterocycles. The van der Waals surface area contributed by atoms with Crippen LogP contribution in [0.2, 0.25) is 5.02 Å². The van der Waals surface area contributed by atoms with Crippen LogP contribution >= 0.6 is 27.5 Å². The van der Waals surface area contributed by atoms with Crippen molar-refractivity contribution in [3.8, 4) is 0 Å². The topological polar surface area (TPSA) is 84.5 Å².